The second-order valence-electron chi connectivity index (χ2n) is 16.6. The molecule has 1 heterocycles. The number of benzene rings is 4. The largest absolute Gasteiger partial charge is 0.490 e. The molecule has 64 heavy (non-hydrogen) atoms. The lowest BCUT2D eigenvalue weighted by Gasteiger charge is -2.35. The van der Waals surface area contributed by atoms with Crippen LogP contribution in [0.25, 0.3) is 11.1 Å². The minimum absolute atomic E-state index is 0.00620. The van der Waals surface area contributed by atoms with E-state index in [1.54, 1.807) is 44.2 Å². The number of nitrogens with zero attached hydrogens (tertiary/aromatic N) is 1. The van der Waals surface area contributed by atoms with Crippen molar-refractivity contribution in [1.82, 2.24) is 15.4 Å². The summed E-state index contributed by atoms with van der Waals surface area (Å²) in [6, 6.07) is 18.8. The third kappa shape index (κ3) is 11.0. The average molecular weight is 1010 g/mol. The summed E-state index contributed by atoms with van der Waals surface area (Å²) in [7, 11) is -2.93. The molecule has 4 aromatic carbocycles. The summed E-state index contributed by atoms with van der Waals surface area (Å²) in [4.78, 5) is 45.0. The maximum absolute atomic E-state index is 14.0. The Bertz CT molecular complexity index is 2560. The Hall–Kier alpha value is -5.62. The Morgan fingerprint density at radius 3 is 2.42 bits per heavy atom. The molecule has 0 saturated carbocycles. The summed E-state index contributed by atoms with van der Waals surface area (Å²) in [5.41, 5.74) is 13.5. The zero-order chi connectivity index (χ0) is 46.3. The number of guanidine groups is 1. The van der Waals surface area contributed by atoms with Crippen molar-refractivity contribution in [3.63, 3.8) is 0 Å². The minimum Gasteiger partial charge on any atom is -0.490 e. The number of hydrogen-bond donors (Lipinski definition) is 4. The molecule has 14 nitrogen and oxygen atoms in total. The summed E-state index contributed by atoms with van der Waals surface area (Å²) < 4.78 is 53.8. The molecule has 340 valence electrons. The van der Waals surface area contributed by atoms with E-state index in [9.17, 15) is 22.8 Å². The molecule has 3 atom stereocenters. The van der Waals surface area contributed by atoms with Crippen LogP contribution in [-0.4, -0.2) is 76.9 Å². The highest BCUT2D eigenvalue weighted by molar-refractivity contribution is 14.1. The number of nitrogens with one attached hydrogen (secondary N) is 3. The molecule has 5 N–H and O–H groups in total. The van der Waals surface area contributed by atoms with E-state index < -0.39 is 40.1 Å². The molecule has 0 saturated heterocycles. The van der Waals surface area contributed by atoms with E-state index in [2.05, 4.69) is 49.5 Å². The van der Waals surface area contributed by atoms with E-state index in [0.29, 0.717) is 35.7 Å². The van der Waals surface area contributed by atoms with Crippen LogP contribution >= 0.6 is 22.6 Å². The van der Waals surface area contributed by atoms with Gasteiger partial charge in [-0.05, 0) is 151 Å². The molecular weight excluding hydrogens is 950 g/mol. The summed E-state index contributed by atoms with van der Waals surface area (Å²) in [5.74, 6) is -0.585. The van der Waals surface area contributed by atoms with Gasteiger partial charge in [0.2, 0.25) is 11.9 Å². The zero-order valence-electron chi connectivity index (χ0n) is 37.0. The Morgan fingerprint density at radius 1 is 0.984 bits per heavy atom. The van der Waals surface area contributed by atoms with E-state index in [0.717, 1.165) is 48.9 Å². The smallest absolute Gasteiger partial charge is 0.407 e. The van der Waals surface area contributed by atoms with Crippen molar-refractivity contribution in [3.05, 3.63) is 122 Å². The van der Waals surface area contributed by atoms with E-state index >= 15 is 0 Å². The number of sulfonamides is 1. The molecule has 4 aromatic rings. The summed E-state index contributed by atoms with van der Waals surface area (Å²) in [6.07, 6.45) is 2.49. The van der Waals surface area contributed by atoms with Crippen molar-refractivity contribution in [2.24, 2.45) is 10.7 Å². The van der Waals surface area contributed by atoms with Crippen LogP contribution in [-0.2, 0) is 41.9 Å². The monoisotopic (exact) mass is 1010 g/mol. The predicted molar refractivity (Wildman–Crippen MR) is 254 cm³/mol. The minimum atomic E-state index is -4.15. The number of esters is 1. The number of amides is 2. The number of methoxy groups -OCH3 is 1. The highest BCUT2D eigenvalue weighted by atomic mass is 127. The van der Waals surface area contributed by atoms with Crippen molar-refractivity contribution in [2.75, 3.05) is 26.9 Å². The SMILES string of the molecule is C=CCOc1ccc(C[C@H](NC(=O)[C@@H](CCCN=C(N)NS(=O)(=O)c2c(C)c(C)c3c(c2C)CCC(C)(C)O3)NC(=O)OCC2c3ccccc3-c3cccc(I)c32)C(=O)OC)cc1. The summed E-state index contributed by atoms with van der Waals surface area (Å²) in [5, 5.41) is 5.45. The Morgan fingerprint density at radius 2 is 1.70 bits per heavy atom. The standard InChI is InChI=1S/C48H56IN5O9S/c1-8-25-61-32-20-18-31(19-21-32)26-40(45(56)60-7)52-44(55)39(53-47(57)62-27-37-35-14-10-9-13-34(35)36-15-11-16-38(49)41(36)37)17-12-24-51-46(50)54-64(58,59)43-29(3)28(2)42-33(30(43)4)22-23-48(5,6)63-42/h8-11,13-16,18-21,37,39-40H,1,12,17,22-27H2,2-7H3,(H,52,55)(H,53,57)(H3,50,51,54)/t37?,39-,40+/m1/s1. The van der Waals surface area contributed by atoms with Crippen molar-refractivity contribution in [1.29, 1.82) is 0 Å². The van der Waals surface area contributed by atoms with Crippen LogP contribution in [0.4, 0.5) is 4.79 Å². The van der Waals surface area contributed by atoms with Gasteiger partial charge in [0.25, 0.3) is 10.0 Å². The maximum atomic E-state index is 14.0. The van der Waals surface area contributed by atoms with Gasteiger partial charge in [-0.1, -0.05) is 61.2 Å². The number of aliphatic imine (C=N–C) groups is 1. The second-order valence-corrected chi connectivity index (χ2v) is 19.3. The topological polar surface area (TPSA) is 197 Å². The highest BCUT2D eigenvalue weighted by Crippen LogP contribution is 2.47. The lowest BCUT2D eigenvalue weighted by Crippen LogP contribution is -2.52. The van der Waals surface area contributed by atoms with E-state index in [1.165, 1.54) is 7.11 Å². The molecule has 1 aliphatic heterocycles. The van der Waals surface area contributed by atoms with Gasteiger partial charge in [-0.2, -0.15) is 0 Å². The third-order valence-electron chi connectivity index (χ3n) is 11.7. The molecule has 0 bridgehead atoms. The first-order valence-electron chi connectivity index (χ1n) is 21.1. The van der Waals surface area contributed by atoms with Crippen LogP contribution in [0.5, 0.6) is 11.5 Å². The molecule has 1 unspecified atom stereocenters. The number of halogens is 1. The molecule has 1 aliphatic carbocycles. The van der Waals surface area contributed by atoms with Crippen molar-refractivity contribution < 1.29 is 41.7 Å². The zero-order valence-corrected chi connectivity index (χ0v) is 40.0. The van der Waals surface area contributed by atoms with Gasteiger partial charge in [-0.25, -0.2) is 22.7 Å². The first-order valence-corrected chi connectivity index (χ1v) is 23.7. The fourth-order valence-electron chi connectivity index (χ4n) is 8.30. The summed E-state index contributed by atoms with van der Waals surface area (Å²) in [6.45, 7) is 13.4. The van der Waals surface area contributed by atoms with Crippen LogP contribution in [0.15, 0.2) is 89.3 Å². The number of carbonyl (C=O) groups is 3. The molecule has 2 amide bonds. The Balaban J connectivity index is 1.16. The third-order valence-corrected chi connectivity index (χ3v) is 14.2. The quantitative estimate of drug-likeness (QED) is 0.0212. The number of hydrogen-bond acceptors (Lipinski definition) is 10. The van der Waals surface area contributed by atoms with Crippen LogP contribution in [0.2, 0.25) is 0 Å². The molecule has 2 aliphatic rings. The highest BCUT2D eigenvalue weighted by Gasteiger charge is 2.35. The van der Waals surface area contributed by atoms with Crippen LogP contribution in [0.1, 0.15) is 78.0 Å². The average Bonchev–Trinajstić information content (AvgIpc) is 3.58. The fraction of sp³-hybridized carbons (Fsp3) is 0.375. The van der Waals surface area contributed by atoms with Gasteiger partial charge in [0.15, 0.2) is 0 Å². The number of nitrogens with two attached hydrogens (primary N) is 1. The number of rotatable bonds is 17. The van der Waals surface area contributed by atoms with Crippen molar-refractivity contribution in [3.8, 4) is 22.6 Å². The van der Waals surface area contributed by atoms with E-state index in [-0.39, 0.29) is 54.8 Å². The summed E-state index contributed by atoms with van der Waals surface area (Å²) >= 11 is 2.29. The molecule has 0 spiro atoms. The number of fused-ring (bicyclic) bond motifs is 4. The van der Waals surface area contributed by atoms with Crippen LogP contribution in [0.3, 0.4) is 0 Å². The Kier molecular flexibility index (Phi) is 15.3. The van der Waals surface area contributed by atoms with Gasteiger partial charge in [0, 0.05) is 22.5 Å². The van der Waals surface area contributed by atoms with Gasteiger partial charge < -0.3 is 35.3 Å². The molecule has 0 aromatic heterocycles. The second kappa shape index (κ2) is 20.5. The molecule has 0 radical (unpaired) electrons. The van der Waals surface area contributed by atoms with Gasteiger partial charge in [0.1, 0.15) is 42.4 Å². The first kappa shape index (κ1) is 47.8. The molecule has 0 fully saturated rings. The molecule has 6 rings (SSSR count). The van der Waals surface area contributed by atoms with Gasteiger partial charge in [-0.3, -0.25) is 9.79 Å². The predicted octanol–water partition coefficient (Wildman–Crippen LogP) is 7.07. The van der Waals surface area contributed by atoms with Crippen LogP contribution < -0.4 is 30.6 Å². The maximum Gasteiger partial charge on any atom is 0.407 e. The van der Waals surface area contributed by atoms with Gasteiger partial charge >= 0.3 is 12.1 Å². The number of ether oxygens (including phenoxy) is 4. The molecule has 16 heteroatoms. The molecular formula is C48H56IN5O9S. The Labute approximate surface area is 389 Å². The van der Waals surface area contributed by atoms with Gasteiger partial charge in [0.05, 0.1) is 12.0 Å². The number of alkyl carbamates (subject to hydrolysis) is 1. The number of carbonyl (C=O) groups excluding carboxylic acids is 3. The normalized spacial score (nSPS) is 15.9. The van der Waals surface area contributed by atoms with Gasteiger partial charge in [-0.15, -0.1) is 0 Å². The van der Waals surface area contributed by atoms with Crippen molar-refractivity contribution >= 4 is 56.5 Å². The fourth-order valence-corrected chi connectivity index (χ4v) is 10.7. The van der Waals surface area contributed by atoms with E-state index in [4.69, 9.17) is 24.7 Å². The van der Waals surface area contributed by atoms with Crippen LogP contribution in [0, 0.1) is 24.3 Å². The lowest BCUT2D eigenvalue weighted by molar-refractivity contribution is -0.145. The van der Waals surface area contributed by atoms with Crippen molar-refractivity contribution in [2.45, 2.75) is 95.2 Å². The first-order chi connectivity index (χ1) is 30.4. The lowest BCUT2D eigenvalue weighted by atomic mass is 9.88. The van der Waals surface area contributed by atoms with E-state index in [1.807, 2.05) is 63.2 Å².